The van der Waals surface area contributed by atoms with E-state index in [0.717, 1.165) is 18.5 Å². The van der Waals surface area contributed by atoms with E-state index in [2.05, 4.69) is 18.8 Å². The van der Waals surface area contributed by atoms with E-state index in [1.807, 2.05) is 4.90 Å². The van der Waals surface area contributed by atoms with Crippen LogP contribution in [0.5, 0.6) is 0 Å². The van der Waals surface area contributed by atoms with Crippen LogP contribution in [0.2, 0.25) is 0 Å². The van der Waals surface area contributed by atoms with Crippen LogP contribution in [-0.4, -0.2) is 29.1 Å². The number of amides is 1. The molecule has 0 spiro atoms. The van der Waals surface area contributed by atoms with Gasteiger partial charge in [0.15, 0.2) is 0 Å². The summed E-state index contributed by atoms with van der Waals surface area (Å²) < 4.78 is 13.7. The van der Waals surface area contributed by atoms with Crippen molar-refractivity contribution >= 4 is 5.91 Å². The van der Waals surface area contributed by atoms with Gasteiger partial charge in [0.25, 0.3) is 0 Å². The molecule has 112 valence electrons. The molecule has 3 nitrogen and oxygen atoms in total. The molecule has 0 bridgehead atoms. The zero-order valence-electron chi connectivity index (χ0n) is 12.2. The van der Waals surface area contributed by atoms with E-state index in [-0.39, 0.29) is 18.3 Å². The highest BCUT2D eigenvalue weighted by atomic mass is 19.1. The molecule has 0 radical (unpaired) electrons. The normalized spacial score (nSPS) is 17.8. The first-order valence-corrected chi connectivity index (χ1v) is 7.30. The maximum Gasteiger partial charge on any atom is 0.223 e. The topological polar surface area (TPSA) is 40.5 Å². The molecule has 1 fully saturated rings. The highest BCUT2D eigenvalue weighted by Gasteiger charge is 2.28. The van der Waals surface area contributed by atoms with Crippen molar-refractivity contribution in [3.63, 3.8) is 0 Å². The Morgan fingerprint density at radius 3 is 2.95 bits per heavy atom. The summed E-state index contributed by atoms with van der Waals surface area (Å²) in [5.74, 6) is 5.67. The summed E-state index contributed by atoms with van der Waals surface area (Å²) in [6.45, 7) is 3.34. The van der Waals surface area contributed by atoms with Gasteiger partial charge in [0.1, 0.15) is 5.82 Å². The maximum atomic E-state index is 13.7. The van der Waals surface area contributed by atoms with E-state index in [0.29, 0.717) is 30.9 Å². The average molecular weight is 289 g/mol. The van der Waals surface area contributed by atoms with E-state index in [1.165, 1.54) is 6.07 Å². The van der Waals surface area contributed by atoms with Crippen LogP contribution < -0.4 is 0 Å². The van der Waals surface area contributed by atoms with Crippen LogP contribution in [0.1, 0.15) is 37.3 Å². The van der Waals surface area contributed by atoms with Gasteiger partial charge in [-0.05, 0) is 23.6 Å². The molecule has 0 saturated carbocycles. The molecule has 1 saturated heterocycles. The Bertz CT molecular complexity index is 574. The summed E-state index contributed by atoms with van der Waals surface area (Å²) >= 11 is 0. The number of benzene rings is 1. The minimum absolute atomic E-state index is 0.0327. The molecule has 1 heterocycles. The van der Waals surface area contributed by atoms with E-state index in [9.17, 15) is 9.18 Å². The summed E-state index contributed by atoms with van der Waals surface area (Å²) in [4.78, 5) is 13.7. The minimum Gasteiger partial charge on any atom is -0.395 e. The van der Waals surface area contributed by atoms with Crippen LogP contribution in [0.3, 0.4) is 0 Å². The maximum absolute atomic E-state index is 13.7. The molecule has 2 rings (SSSR count). The number of carbonyl (C=O) groups is 1. The number of likely N-dealkylation sites (tertiary alicyclic amines) is 1. The number of hydrogen-bond acceptors (Lipinski definition) is 2. The molecule has 1 unspecified atom stereocenters. The first-order valence-electron chi connectivity index (χ1n) is 7.30. The van der Waals surface area contributed by atoms with E-state index in [4.69, 9.17) is 5.11 Å². The van der Waals surface area contributed by atoms with Gasteiger partial charge in [0, 0.05) is 25.9 Å². The van der Waals surface area contributed by atoms with Gasteiger partial charge in [-0.2, -0.15) is 0 Å². The Kier molecular flexibility index (Phi) is 5.35. The standard InChI is InChI=1S/C17H20FNO2/c1-2-13-10-17(21)19(11-13)12-14-6-7-16(18)15(9-14)5-3-4-8-20/h6-7,9,13,20H,2,4,8,10-12H2,1H3. The van der Waals surface area contributed by atoms with E-state index in [1.54, 1.807) is 12.1 Å². The fraction of sp³-hybridized carbons (Fsp3) is 0.471. The number of carbonyl (C=O) groups excluding carboxylic acids is 1. The van der Waals surface area contributed by atoms with Gasteiger partial charge in [-0.25, -0.2) is 4.39 Å². The van der Waals surface area contributed by atoms with Crippen molar-refractivity contribution in [3.05, 3.63) is 35.1 Å². The molecular formula is C17H20FNO2. The summed E-state index contributed by atoms with van der Waals surface area (Å²) in [6, 6.07) is 4.77. The molecule has 0 aromatic heterocycles. The fourth-order valence-electron chi connectivity index (χ4n) is 2.48. The molecule has 1 atom stereocenters. The molecule has 1 aliphatic rings. The number of aliphatic hydroxyl groups is 1. The van der Waals surface area contributed by atoms with Gasteiger partial charge in [0.2, 0.25) is 5.91 Å². The molecule has 0 aliphatic carbocycles. The van der Waals surface area contributed by atoms with Gasteiger partial charge in [-0.15, -0.1) is 0 Å². The molecule has 21 heavy (non-hydrogen) atoms. The van der Waals surface area contributed by atoms with Crippen molar-refractivity contribution < 1.29 is 14.3 Å². The highest BCUT2D eigenvalue weighted by Crippen LogP contribution is 2.23. The second kappa shape index (κ2) is 7.24. The number of nitrogens with zero attached hydrogens (tertiary/aromatic N) is 1. The number of hydrogen-bond donors (Lipinski definition) is 1. The van der Waals surface area contributed by atoms with Gasteiger partial charge in [0.05, 0.1) is 12.2 Å². The van der Waals surface area contributed by atoms with Crippen LogP contribution in [0.25, 0.3) is 0 Å². The van der Waals surface area contributed by atoms with Gasteiger partial charge in [-0.1, -0.05) is 31.3 Å². The van der Waals surface area contributed by atoms with Gasteiger partial charge >= 0.3 is 0 Å². The quantitative estimate of drug-likeness (QED) is 0.864. The molecule has 1 aromatic rings. The van der Waals surface area contributed by atoms with Crippen molar-refractivity contribution in [2.45, 2.75) is 32.7 Å². The van der Waals surface area contributed by atoms with E-state index < -0.39 is 0 Å². The van der Waals surface area contributed by atoms with Crippen LogP contribution in [-0.2, 0) is 11.3 Å². The first kappa shape index (κ1) is 15.5. The van der Waals surface area contributed by atoms with Gasteiger partial charge in [-0.3, -0.25) is 4.79 Å². The smallest absolute Gasteiger partial charge is 0.223 e. The Balaban J connectivity index is 2.09. The molecular weight excluding hydrogens is 269 g/mol. The second-order valence-electron chi connectivity index (χ2n) is 5.34. The summed E-state index contributed by atoms with van der Waals surface area (Å²) in [5.41, 5.74) is 1.20. The third-order valence-corrected chi connectivity index (χ3v) is 3.74. The van der Waals surface area contributed by atoms with Crippen molar-refractivity contribution in [3.8, 4) is 11.8 Å². The zero-order chi connectivity index (χ0) is 15.2. The van der Waals surface area contributed by atoms with Crippen LogP contribution in [0, 0.1) is 23.6 Å². The summed E-state index contributed by atoms with van der Waals surface area (Å²) in [5, 5.41) is 8.69. The SMILES string of the molecule is CCC1CC(=O)N(Cc2ccc(F)c(C#CCCO)c2)C1. The Labute approximate surface area is 124 Å². The monoisotopic (exact) mass is 289 g/mol. The molecule has 1 amide bonds. The largest absolute Gasteiger partial charge is 0.395 e. The van der Waals surface area contributed by atoms with Crippen LogP contribution in [0.15, 0.2) is 18.2 Å². The molecule has 1 aromatic carbocycles. The lowest BCUT2D eigenvalue weighted by molar-refractivity contribution is -0.128. The summed E-state index contributed by atoms with van der Waals surface area (Å²) in [7, 11) is 0. The lowest BCUT2D eigenvalue weighted by atomic mass is 10.1. The number of rotatable bonds is 4. The summed E-state index contributed by atoms with van der Waals surface area (Å²) in [6.07, 6.45) is 1.94. The fourth-order valence-corrected chi connectivity index (χ4v) is 2.48. The molecule has 4 heteroatoms. The Morgan fingerprint density at radius 1 is 1.48 bits per heavy atom. The highest BCUT2D eigenvalue weighted by molar-refractivity contribution is 5.78. The van der Waals surface area contributed by atoms with Gasteiger partial charge < -0.3 is 10.0 Å². The molecule has 1 aliphatic heterocycles. The predicted molar refractivity (Wildman–Crippen MR) is 78.8 cm³/mol. The predicted octanol–water partition coefficient (Wildman–Crippen LogP) is 2.32. The van der Waals surface area contributed by atoms with Crippen molar-refractivity contribution in [1.29, 1.82) is 0 Å². The van der Waals surface area contributed by atoms with E-state index >= 15 is 0 Å². The second-order valence-corrected chi connectivity index (χ2v) is 5.34. The lowest BCUT2D eigenvalue weighted by Gasteiger charge is -2.16. The first-order chi connectivity index (χ1) is 10.1. The Morgan fingerprint density at radius 2 is 2.29 bits per heavy atom. The Hall–Kier alpha value is -1.86. The van der Waals surface area contributed by atoms with Crippen LogP contribution in [0.4, 0.5) is 4.39 Å². The van der Waals surface area contributed by atoms with Crippen molar-refractivity contribution in [1.82, 2.24) is 4.90 Å². The zero-order valence-corrected chi connectivity index (χ0v) is 12.2. The van der Waals surface area contributed by atoms with Crippen LogP contribution >= 0.6 is 0 Å². The third kappa shape index (κ3) is 4.05. The average Bonchev–Trinajstić information content (AvgIpc) is 2.83. The number of halogens is 1. The molecule has 1 N–H and O–H groups in total. The van der Waals surface area contributed by atoms with Crippen molar-refractivity contribution in [2.75, 3.05) is 13.2 Å². The lowest BCUT2D eigenvalue weighted by Crippen LogP contribution is -2.24. The minimum atomic E-state index is -0.372. The van der Waals surface area contributed by atoms with Crippen molar-refractivity contribution in [2.24, 2.45) is 5.92 Å². The third-order valence-electron chi connectivity index (χ3n) is 3.74. The number of aliphatic hydroxyl groups excluding tert-OH is 1.